The van der Waals surface area contributed by atoms with E-state index in [1.54, 1.807) is 6.33 Å². The first-order valence-electron chi connectivity index (χ1n) is 5.16. The lowest BCUT2D eigenvalue weighted by Gasteiger charge is -2.05. The van der Waals surface area contributed by atoms with Gasteiger partial charge in [0.2, 0.25) is 0 Å². The molecule has 3 rings (SSSR count). The Hall–Kier alpha value is -1.65. The first-order valence-corrected chi connectivity index (χ1v) is 5.16. The molecule has 1 aliphatic carbocycles. The molecule has 1 N–H and O–H groups in total. The van der Waals surface area contributed by atoms with Crippen LogP contribution in [0.1, 0.15) is 18.7 Å². The first kappa shape index (κ1) is 8.64. The molecule has 5 nitrogen and oxygen atoms in total. The van der Waals surface area contributed by atoms with Gasteiger partial charge in [-0.3, -0.25) is 0 Å². The average molecular weight is 203 g/mol. The zero-order chi connectivity index (χ0) is 10.4. The van der Waals surface area contributed by atoms with Crippen LogP contribution < -0.4 is 5.32 Å². The van der Waals surface area contributed by atoms with E-state index in [-0.39, 0.29) is 0 Å². The van der Waals surface area contributed by atoms with E-state index in [0.717, 1.165) is 22.8 Å². The molecule has 1 fully saturated rings. The number of hydrogen-bond acceptors (Lipinski definition) is 4. The van der Waals surface area contributed by atoms with Gasteiger partial charge in [-0.2, -0.15) is 0 Å². The molecule has 2 heterocycles. The second-order valence-electron chi connectivity index (χ2n) is 4.07. The molecule has 0 atom stereocenters. The second kappa shape index (κ2) is 2.92. The van der Waals surface area contributed by atoms with E-state index in [4.69, 9.17) is 0 Å². The summed E-state index contributed by atoms with van der Waals surface area (Å²) in [6.45, 7) is 1.91. The maximum atomic E-state index is 4.40. The van der Waals surface area contributed by atoms with Gasteiger partial charge in [0.1, 0.15) is 11.3 Å². The summed E-state index contributed by atoms with van der Waals surface area (Å²) >= 11 is 0. The molecule has 15 heavy (non-hydrogen) atoms. The molecule has 1 aliphatic rings. The van der Waals surface area contributed by atoms with E-state index < -0.39 is 0 Å². The van der Waals surface area contributed by atoms with Gasteiger partial charge in [-0.15, -0.1) is 0 Å². The maximum Gasteiger partial charge on any atom is 0.165 e. The molecule has 5 heteroatoms. The average Bonchev–Trinajstić information content (AvgIpc) is 2.92. The highest BCUT2D eigenvalue weighted by atomic mass is 15.2. The van der Waals surface area contributed by atoms with Gasteiger partial charge in [0.15, 0.2) is 11.5 Å². The second-order valence-corrected chi connectivity index (χ2v) is 4.07. The number of aromatic nitrogens is 4. The van der Waals surface area contributed by atoms with Gasteiger partial charge in [-0.1, -0.05) is 0 Å². The number of nitrogens with zero attached hydrogens (tertiary/aromatic N) is 4. The molecule has 78 valence electrons. The predicted octanol–water partition coefficient (Wildman–Crippen LogP) is 1.25. The third-order valence-corrected chi connectivity index (χ3v) is 2.59. The van der Waals surface area contributed by atoms with Crippen molar-refractivity contribution >= 4 is 17.0 Å². The van der Waals surface area contributed by atoms with Crippen LogP contribution in [0.15, 0.2) is 6.33 Å². The van der Waals surface area contributed by atoms with Crippen molar-refractivity contribution in [3.63, 3.8) is 0 Å². The molecule has 2 aromatic heterocycles. The van der Waals surface area contributed by atoms with Crippen LogP contribution in [0.5, 0.6) is 0 Å². The number of imidazole rings is 1. The van der Waals surface area contributed by atoms with Gasteiger partial charge in [0.25, 0.3) is 0 Å². The Labute approximate surface area is 87.6 Å². The van der Waals surface area contributed by atoms with Gasteiger partial charge in [-0.25, -0.2) is 15.0 Å². The van der Waals surface area contributed by atoms with Crippen molar-refractivity contribution in [3.8, 4) is 0 Å². The van der Waals surface area contributed by atoms with Crippen LogP contribution in [-0.4, -0.2) is 25.6 Å². The molecule has 0 saturated heterocycles. The minimum atomic E-state index is 0.588. The Morgan fingerprint density at radius 2 is 2.20 bits per heavy atom. The van der Waals surface area contributed by atoms with Crippen molar-refractivity contribution in [2.45, 2.75) is 25.8 Å². The molecular formula is C10H13N5. The summed E-state index contributed by atoms with van der Waals surface area (Å²) in [6.07, 6.45) is 4.24. The van der Waals surface area contributed by atoms with E-state index in [2.05, 4.69) is 20.3 Å². The quantitative estimate of drug-likeness (QED) is 0.798. The first-order chi connectivity index (χ1) is 7.24. The Kier molecular flexibility index (Phi) is 1.68. The zero-order valence-corrected chi connectivity index (χ0v) is 8.86. The predicted molar refractivity (Wildman–Crippen MR) is 57.7 cm³/mol. The van der Waals surface area contributed by atoms with Crippen LogP contribution >= 0.6 is 0 Å². The molecule has 0 aliphatic heterocycles. The standard InChI is InChI=1S/C10H13N5/c1-6-12-9(14-7-3-4-7)8-10(13-6)15(2)5-11-8/h5,7H,3-4H2,1-2H3,(H,12,13,14). The van der Waals surface area contributed by atoms with Crippen LogP contribution in [0.2, 0.25) is 0 Å². The Morgan fingerprint density at radius 1 is 1.40 bits per heavy atom. The summed E-state index contributed by atoms with van der Waals surface area (Å²) in [5, 5.41) is 3.39. The number of aryl methyl sites for hydroxylation is 2. The summed E-state index contributed by atoms with van der Waals surface area (Å²) in [4.78, 5) is 13.1. The number of fused-ring (bicyclic) bond motifs is 1. The highest BCUT2D eigenvalue weighted by Crippen LogP contribution is 2.26. The Bertz CT molecular complexity index is 512. The fourth-order valence-corrected chi connectivity index (χ4v) is 1.64. The van der Waals surface area contributed by atoms with Crippen molar-refractivity contribution in [2.75, 3.05) is 5.32 Å². The van der Waals surface area contributed by atoms with Crippen LogP contribution in [0.4, 0.5) is 5.82 Å². The molecule has 0 unspecified atom stereocenters. The minimum Gasteiger partial charge on any atom is -0.365 e. The van der Waals surface area contributed by atoms with Gasteiger partial charge in [0, 0.05) is 13.1 Å². The van der Waals surface area contributed by atoms with Crippen molar-refractivity contribution < 1.29 is 0 Å². The summed E-state index contributed by atoms with van der Waals surface area (Å²) < 4.78 is 1.92. The van der Waals surface area contributed by atoms with E-state index in [1.807, 2.05) is 18.5 Å². The lowest BCUT2D eigenvalue weighted by Crippen LogP contribution is -2.06. The third kappa shape index (κ3) is 1.44. The third-order valence-electron chi connectivity index (χ3n) is 2.59. The summed E-state index contributed by atoms with van der Waals surface area (Å²) in [6, 6.07) is 0.588. The molecular weight excluding hydrogens is 190 g/mol. The molecule has 0 spiro atoms. The highest BCUT2D eigenvalue weighted by molar-refractivity contribution is 5.83. The number of hydrogen-bond donors (Lipinski definition) is 1. The molecule has 0 amide bonds. The largest absolute Gasteiger partial charge is 0.365 e. The lowest BCUT2D eigenvalue weighted by atomic mass is 10.4. The Balaban J connectivity index is 2.16. The maximum absolute atomic E-state index is 4.40. The van der Waals surface area contributed by atoms with E-state index in [0.29, 0.717) is 6.04 Å². The van der Waals surface area contributed by atoms with E-state index >= 15 is 0 Å². The highest BCUT2D eigenvalue weighted by Gasteiger charge is 2.23. The molecule has 0 aromatic carbocycles. The van der Waals surface area contributed by atoms with Crippen LogP contribution in [0, 0.1) is 6.92 Å². The molecule has 0 bridgehead atoms. The summed E-state index contributed by atoms with van der Waals surface area (Å²) in [5.41, 5.74) is 1.76. The normalized spacial score (nSPS) is 15.9. The van der Waals surface area contributed by atoms with Crippen LogP contribution in [0.25, 0.3) is 11.2 Å². The fraction of sp³-hybridized carbons (Fsp3) is 0.500. The zero-order valence-electron chi connectivity index (χ0n) is 8.86. The minimum absolute atomic E-state index is 0.588. The summed E-state index contributed by atoms with van der Waals surface area (Å²) in [5.74, 6) is 1.66. The van der Waals surface area contributed by atoms with Crippen molar-refractivity contribution in [1.29, 1.82) is 0 Å². The van der Waals surface area contributed by atoms with Crippen LogP contribution in [-0.2, 0) is 7.05 Å². The molecule has 0 radical (unpaired) electrons. The topological polar surface area (TPSA) is 55.6 Å². The number of rotatable bonds is 2. The van der Waals surface area contributed by atoms with Crippen molar-refractivity contribution in [3.05, 3.63) is 12.2 Å². The molecule has 2 aromatic rings. The number of nitrogens with one attached hydrogen (secondary N) is 1. The van der Waals surface area contributed by atoms with Gasteiger partial charge in [0.05, 0.1) is 6.33 Å². The summed E-state index contributed by atoms with van der Waals surface area (Å²) in [7, 11) is 1.95. The van der Waals surface area contributed by atoms with Gasteiger partial charge >= 0.3 is 0 Å². The van der Waals surface area contributed by atoms with E-state index in [1.165, 1.54) is 12.8 Å². The van der Waals surface area contributed by atoms with Crippen LogP contribution in [0.3, 0.4) is 0 Å². The molecule has 1 saturated carbocycles. The lowest BCUT2D eigenvalue weighted by molar-refractivity contribution is 0.919. The SMILES string of the molecule is Cc1nc(NC2CC2)c2ncn(C)c2n1. The van der Waals surface area contributed by atoms with Crippen molar-refractivity contribution in [2.24, 2.45) is 7.05 Å². The smallest absolute Gasteiger partial charge is 0.165 e. The number of anilines is 1. The van der Waals surface area contributed by atoms with Crippen molar-refractivity contribution in [1.82, 2.24) is 19.5 Å². The van der Waals surface area contributed by atoms with Gasteiger partial charge in [-0.05, 0) is 19.8 Å². The fourth-order valence-electron chi connectivity index (χ4n) is 1.64. The Morgan fingerprint density at radius 3 is 2.93 bits per heavy atom. The van der Waals surface area contributed by atoms with E-state index in [9.17, 15) is 0 Å². The van der Waals surface area contributed by atoms with Gasteiger partial charge < -0.3 is 9.88 Å². The monoisotopic (exact) mass is 203 g/mol.